The number of nitrogens with two attached hydrogens (primary N) is 1. The van der Waals surface area contributed by atoms with Crippen LogP contribution in [0, 0.1) is 28.9 Å². The number of rotatable bonds is 5. The molecule has 0 aliphatic carbocycles. The maximum Gasteiger partial charge on any atom is 0.225 e. The van der Waals surface area contributed by atoms with E-state index in [1.165, 1.54) is 24.3 Å². The third-order valence-electron chi connectivity index (χ3n) is 6.02. The van der Waals surface area contributed by atoms with Crippen LogP contribution in [0.25, 0.3) is 11.3 Å². The second kappa shape index (κ2) is 9.83. The second-order valence-corrected chi connectivity index (χ2v) is 8.40. The molecule has 7 nitrogen and oxygen atoms in total. The predicted octanol–water partition coefficient (Wildman–Crippen LogP) is 3.80. The monoisotopic (exact) mass is 462 g/mol. The van der Waals surface area contributed by atoms with E-state index in [9.17, 15) is 13.6 Å². The van der Waals surface area contributed by atoms with E-state index in [4.69, 9.17) is 11.0 Å². The summed E-state index contributed by atoms with van der Waals surface area (Å²) in [6, 6.07) is 14.0. The largest absolute Gasteiger partial charge is 0.368 e. The molecule has 0 saturated carbocycles. The SMILES string of the molecule is CC1CCC(C(=O)NCc2cccc(F)c2)CN1c1cc(-c2ccc(C#N)c(F)c2)nc(N)n1. The lowest BCUT2D eigenvalue weighted by molar-refractivity contribution is -0.125. The molecular weight excluding hydrogens is 438 g/mol. The molecule has 2 unspecified atom stereocenters. The minimum Gasteiger partial charge on any atom is -0.368 e. The Morgan fingerprint density at radius 2 is 2.03 bits per heavy atom. The fourth-order valence-corrected chi connectivity index (χ4v) is 4.13. The van der Waals surface area contributed by atoms with Gasteiger partial charge in [-0.05, 0) is 49.6 Å². The van der Waals surface area contributed by atoms with Gasteiger partial charge < -0.3 is 16.0 Å². The first-order valence-corrected chi connectivity index (χ1v) is 11.0. The molecule has 1 fully saturated rings. The number of piperidine rings is 1. The molecule has 2 aromatic carbocycles. The zero-order chi connectivity index (χ0) is 24.2. The summed E-state index contributed by atoms with van der Waals surface area (Å²) in [4.78, 5) is 23.4. The van der Waals surface area contributed by atoms with Crippen molar-refractivity contribution in [1.29, 1.82) is 5.26 Å². The average Bonchev–Trinajstić information content (AvgIpc) is 2.82. The van der Waals surface area contributed by atoms with Crippen LogP contribution in [-0.2, 0) is 11.3 Å². The molecule has 1 saturated heterocycles. The lowest BCUT2D eigenvalue weighted by Gasteiger charge is -2.38. The fourth-order valence-electron chi connectivity index (χ4n) is 4.13. The zero-order valence-electron chi connectivity index (χ0n) is 18.6. The summed E-state index contributed by atoms with van der Waals surface area (Å²) >= 11 is 0. The fraction of sp³-hybridized carbons (Fsp3) is 0.280. The van der Waals surface area contributed by atoms with E-state index in [-0.39, 0.29) is 41.7 Å². The van der Waals surface area contributed by atoms with Crippen molar-refractivity contribution >= 4 is 17.7 Å². The Balaban J connectivity index is 1.52. The highest BCUT2D eigenvalue weighted by Gasteiger charge is 2.31. The molecule has 174 valence electrons. The first kappa shape index (κ1) is 23.1. The molecular formula is C25H24F2N6O. The van der Waals surface area contributed by atoms with Crippen molar-refractivity contribution in [3.63, 3.8) is 0 Å². The van der Waals surface area contributed by atoms with E-state index in [0.717, 1.165) is 6.42 Å². The van der Waals surface area contributed by atoms with Gasteiger partial charge in [0.25, 0.3) is 0 Å². The summed E-state index contributed by atoms with van der Waals surface area (Å²) in [6.45, 7) is 2.71. The van der Waals surface area contributed by atoms with Gasteiger partial charge in [-0.2, -0.15) is 10.2 Å². The number of anilines is 2. The van der Waals surface area contributed by atoms with Gasteiger partial charge >= 0.3 is 0 Å². The number of aromatic nitrogens is 2. The Hall–Kier alpha value is -4.06. The number of nitriles is 1. The normalized spacial score (nSPS) is 17.8. The molecule has 1 amide bonds. The Morgan fingerprint density at radius 3 is 2.76 bits per heavy atom. The van der Waals surface area contributed by atoms with Crippen LogP contribution in [0.1, 0.15) is 30.9 Å². The first-order chi connectivity index (χ1) is 16.3. The maximum atomic E-state index is 14.1. The third kappa shape index (κ3) is 5.12. The van der Waals surface area contributed by atoms with Crippen LogP contribution in [0.5, 0.6) is 0 Å². The number of nitrogen functional groups attached to an aromatic ring is 1. The highest BCUT2D eigenvalue weighted by atomic mass is 19.1. The van der Waals surface area contributed by atoms with Crippen LogP contribution in [0.4, 0.5) is 20.5 Å². The summed E-state index contributed by atoms with van der Waals surface area (Å²) in [5.41, 5.74) is 7.50. The number of carbonyl (C=O) groups excluding carboxylic acids is 1. The molecule has 1 aliphatic rings. The molecule has 0 radical (unpaired) electrons. The number of carbonyl (C=O) groups is 1. The molecule has 34 heavy (non-hydrogen) atoms. The first-order valence-electron chi connectivity index (χ1n) is 11.0. The molecule has 3 aromatic rings. The van der Waals surface area contributed by atoms with E-state index in [0.29, 0.717) is 35.6 Å². The molecule has 2 heterocycles. The Kier molecular flexibility index (Phi) is 6.68. The van der Waals surface area contributed by atoms with Crippen molar-refractivity contribution in [1.82, 2.24) is 15.3 Å². The molecule has 0 spiro atoms. The lowest BCUT2D eigenvalue weighted by Crippen LogP contribution is -2.47. The van der Waals surface area contributed by atoms with E-state index in [2.05, 4.69) is 15.3 Å². The quantitative estimate of drug-likeness (QED) is 0.597. The van der Waals surface area contributed by atoms with Crippen molar-refractivity contribution in [2.24, 2.45) is 5.92 Å². The minimum absolute atomic E-state index is 0.0298. The number of benzene rings is 2. The molecule has 2 atom stereocenters. The van der Waals surface area contributed by atoms with Crippen molar-refractivity contribution < 1.29 is 13.6 Å². The van der Waals surface area contributed by atoms with E-state index < -0.39 is 5.82 Å². The van der Waals surface area contributed by atoms with Gasteiger partial charge in [0.05, 0.1) is 17.2 Å². The summed E-state index contributed by atoms with van der Waals surface area (Å²) in [7, 11) is 0. The van der Waals surface area contributed by atoms with Gasteiger partial charge in [0.2, 0.25) is 11.9 Å². The van der Waals surface area contributed by atoms with E-state index >= 15 is 0 Å². The maximum absolute atomic E-state index is 14.1. The highest BCUT2D eigenvalue weighted by molar-refractivity contribution is 5.79. The van der Waals surface area contributed by atoms with Gasteiger partial charge in [0, 0.05) is 30.8 Å². The molecule has 1 aliphatic heterocycles. The van der Waals surface area contributed by atoms with Crippen molar-refractivity contribution in [2.45, 2.75) is 32.4 Å². The average molecular weight is 463 g/mol. The van der Waals surface area contributed by atoms with Gasteiger partial charge in [0.1, 0.15) is 23.5 Å². The van der Waals surface area contributed by atoms with Crippen LogP contribution in [0.15, 0.2) is 48.5 Å². The second-order valence-electron chi connectivity index (χ2n) is 8.40. The Bertz CT molecular complexity index is 1260. The summed E-state index contributed by atoms with van der Waals surface area (Å²) in [6.07, 6.45) is 1.48. The van der Waals surface area contributed by atoms with Crippen LogP contribution >= 0.6 is 0 Å². The lowest BCUT2D eigenvalue weighted by atomic mass is 9.92. The van der Waals surface area contributed by atoms with Gasteiger partial charge in [0.15, 0.2) is 0 Å². The number of hydrogen-bond donors (Lipinski definition) is 2. The summed E-state index contributed by atoms with van der Waals surface area (Å²) in [5.74, 6) is -0.803. The molecule has 3 N–H and O–H groups in total. The smallest absolute Gasteiger partial charge is 0.225 e. The highest BCUT2D eigenvalue weighted by Crippen LogP contribution is 2.30. The van der Waals surface area contributed by atoms with Gasteiger partial charge in [-0.15, -0.1) is 0 Å². The number of nitrogens with zero attached hydrogens (tertiary/aromatic N) is 4. The summed E-state index contributed by atoms with van der Waals surface area (Å²) < 4.78 is 27.5. The predicted molar refractivity (Wildman–Crippen MR) is 124 cm³/mol. The number of hydrogen-bond acceptors (Lipinski definition) is 6. The van der Waals surface area contributed by atoms with Gasteiger partial charge in [-0.3, -0.25) is 4.79 Å². The van der Waals surface area contributed by atoms with Crippen LogP contribution < -0.4 is 16.0 Å². The Morgan fingerprint density at radius 1 is 1.21 bits per heavy atom. The van der Waals surface area contributed by atoms with Crippen molar-refractivity contribution in [2.75, 3.05) is 17.2 Å². The van der Waals surface area contributed by atoms with Crippen LogP contribution in [-0.4, -0.2) is 28.5 Å². The summed E-state index contributed by atoms with van der Waals surface area (Å²) in [5, 5.41) is 11.9. The molecule has 4 rings (SSSR count). The Labute approximate surface area is 196 Å². The van der Waals surface area contributed by atoms with Crippen molar-refractivity contribution in [3.8, 4) is 17.3 Å². The zero-order valence-corrected chi connectivity index (χ0v) is 18.6. The van der Waals surface area contributed by atoms with Crippen LogP contribution in [0.2, 0.25) is 0 Å². The standard InChI is InChI=1S/C25H24F2N6O/c1-15-5-6-19(24(34)30-13-16-3-2-4-20(26)9-16)14-33(15)23-11-22(31-25(29)32-23)17-7-8-18(12-28)21(27)10-17/h2-4,7-11,15,19H,5-6,13-14H2,1H3,(H,30,34)(H2,29,31,32). The van der Waals surface area contributed by atoms with E-state index in [1.54, 1.807) is 30.3 Å². The van der Waals surface area contributed by atoms with E-state index in [1.807, 2.05) is 11.8 Å². The number of nitrogens with one attached hydrogen (secondary N) is 1. The molecule has 1 aromatic heterocycles. The minimum atomic E-state index is -0.639. The number of amides is 1. The number of halogens is 2. The van der Waals surface area contributed by atoms with Crippen molar-refractivity contribution in [3.05, 3.63) is 71.3 Å². The third-order valence-corrected chi connectivity index (χ3v) is 6.02. The van der Waals surface area contributed by atoms with Crippen LogP contribution in [0.3, 0.4) is 0 Å². The molecule has 9 heteroatoms. The molecule has 0 bridgehead atoms. The van der Waals surface area contributed by atoms with Gasteiger partial charge in [-0.1, -0.05) is 18.2 Å². The van der Waals surface area contributed by atoms with Gasteiger partial charge in [-0.25, -0.2) is 13.8 Å². The topological polar surface area (TPSA) is 108 Å².